The number of anilines is 1. The molecule has 10 heteroatoms. The first-order valence-corrected chi connectivity index (χ1v) is 8.38. The highest BCUT2D eigenvalue weighted by Gasteiger charge is 2.23. The first kappa shape index (κ1) is 16.7. The molecule has 1 rings (SSSR count). The second kappa shape index (κ2) is 6.88. The Kier molecular flexibility index (Phi) is 5.74. The Bertz CT molecular complexity index is 591. The van der Waals surface area contributed by atoms with Crippen LogP contribution >= 0.6 is 11.8 Å². The molecule has 3 N–H and O–H groups in total. The average Bonchev–Trinajstić information content (AvgIpc) is 2.43. The Morgan fingerprint density at radius 1 is 1.50 bits per heavy atom. The van der Waals surface area contributed by atoms with E-state index in [0.717, 1.165) is 12.1 Å². The molecule has 20 heavy (non-hydrogen) atoms. The SMILES string of the molecule is CSCCN(C)S(=O)(=O)c1ccc([N+](=O)[O-])c(NN)c1. The minimum Gasteiger partial charge on any atom is -0.318 e. The number of nitro groups is 1. The molecule has 1 aromatic carbocycles. The first-order valence-electron chi connectivity index (χ1n) is 5.55. The molecule has 0 amide bonds. The molecule has 0 radical (unpaired) electrons. The lowest BCUT2D eigenvalue weighted by molar-refractivity contribution is -0.384. The molecule has 0 aromatic heterocycles. The van der Waals surface area contributed by atoms with Crippen LogP contribution in [0.15, 0.2) is 23.1 Å². The number of nitrogens with one attached hydrogen (secondary N) is 1. The highest BCUT2D eigenvalue weighted by molar-refractivity contribution is 7.98. The molecule has 8 nitrogen and oxygen atoms in total. The van der Waals surface area contributed by atoms with Crippen molar-refractivity contribution in [3.63, 3.8) is 0 Å². The van der Waals surface area contributed by atoms with E-state index in [9.17, 15) is 18.5 Å². The molecule has 0 aliphatic rings. The van der Waals surface area contributed by atoms with Crippen LogP contribution in [0.3, 0.4) is 0 Å². The van der Waals surface area contributed by atoms with Gasteiger partial charge in [0.25, 0.3) is 5.69 Å². The van der Waals surface area contributed by atoms with Crippen LogP contribution in [0.1, 0.15) is 0 Å². The first-order chi connectivity index (χ1) is 9.34. The Morgan fingerprint density at radius 2 is 2.15 bits per heavy atom. The topological polar surface area (TPSA) is 119 Å². The minimum absolute atomic E-state index is 0.0420. The van der Waals surface area contributed by atoms with E-state index in [2.05, 4.69) is 5.43 Å². The number of thioether (sulfide) groups is 1. The van der Waals surface area contributed by atoms with E-state index in [1.165, 1.54) is 29.2 Å². The van der Waals surface area contributed by atoms with Gasteiger partial charge >= 0.3 is 0 Å². The van der Waals surface area contributed by atoms with E-state index >= 15 is 0 Å². The molecule has 0 spiro atoms. The van der Waals surface area contributed by atoms with E-state index in [0.29, 0.717) is 12.3 Å². The van der Waals surface area contributed by atoms with E-state index in [1.807, 2.05) is 6.26 Å². The van der Waals surface area contributed by atoms with Gasteiger partial charge in [0.2, 0.25) is 10.0 Å². The van der Waals surface area contributed by atoms with Gasteiger partial charge in [0.05, 0.1) is 9.82 Å². The number of hydrogen-bond acceptors (Lipinski definition) is 7. The lowest BCUT2D eigenvalue weighted by Crippen LogP contribution is -2.29. The number of nitrogen functional groups attached to an aromatic ring is 1. The number of hydrazine groups is 1. The number of nitrogens with zero attached hydrogens (tertiary/aromatic N) is 2. The summed E-state index contributed by atoms with van der Waals surface area (Å²) in [6, 6.07) is 3.47. The highest BCUT2D eigenvalue weighted by Crippen LogP contribution is 2.27. The van der Waals surface area contributed by atoms with Crippen LogP contribution in [-0.2, 0) is 10.0 Å². The van der Waals surface area contributed by atoms with Crippen LogP contribution in [0, 0.1) is 10.1 Å². The zero-order valence-electron chi connectivity index (χ0n) is 11.1. The fourth-order valence-electron chi connectivity index (χ4n) is 1.47. The normalized spacial score (nSPS) is 11.6. The molecule has 0 atom stereocenters. The molecule has 112 valence electrons. The van der Waals surface area contributed by atoms with E-state index in [-0.39, 0.29) is 16.3 Å². The summed E-state index contributed by atoms with van der Waals surface area (Å²) in [5.74, 6) is 5.85. The third-order valence-electron chi connectivity index (χ3n) is 2.64. The van der Waals surface area contributed by atoms with Gasteiger partial charge in [0, 0.05) is 25.4 Å². The minimum atomic E-state index is -3.68. The number of nitro benzene ring substituents is 1. The number of sulfonamides is 1. The second-order valence-electron chi connectivity index (χ2n) is 3.90. The van der Waals surface area contributed by atoms with Crippen molar-refractivity contribution in [3.05, 3.63) is 28.3 Å². The third-order valence-corrected chi connectivity index (χ3v) is 5.08. The van der Waals surface area contributed by atoms with Crippen LogP contribution in [0.25, 0.3) is 0 Å². The molecule has 0 fully saturated rings. The van der Waals surface area contributed by atoms with Crippen molar-refractivity contribution in [2.24, 2.45) is 5.84 Å². The van der Waals surface area contributed by atoms with Crippen molar-refractivity contribution in [2.45, 2.75) is 4.90 Å². The fraction of sp³-hybridized carbons (Fsp3) is 0.400. The van der Waals surface area contributed by atoms with Gasteiger partial charge in [0.1, 0.15) is 5.69 Å². The monoisotopic (exact) mass is 320 g/mol. The molecular weight excluding hydrogens is 304 g/mol. The number of rotatable bonds is 7. The molecule has 0 heterocycles. The highest BCUT2D eigenvalue weighted by atomic mass is 32.2. The number of benzene rings is 1. The van der Waals surface area contributed by atoms with Gasteiger partial charge in [-0.1, -0.05) is 0 Å². The van der Waals surface area contributed by atoms with Crippen LogP contribution in [0.5, 0.6) is 0 Å². The maximum absolute atomic E-state index is 12.3. The molecule has 0 unspecified atom stereocenters. The maximum Gasteiger partial charge on any atom is 0.293 e. The quantitative estimate of drug-likeness (QED) is 0.434. The van der Waals surface area contributed by atoms with Crippen molar-refractivity contribution in [2.75, 3.05) is 31.0 Å². The summed E-state index contributed by atoms with van der Waals surface area (Å²) < 4.78 is 25.7. The van der Waals surface area contributed by atoms with Gasteiger partial charge < -0.3 is 5.43 Å². The summed E-state index contributed by atoms with van der Waals surface area (Å²) >= 11 is 1.53. The van der Waals surface area contributed by atoms with Gasteiger partial charge in [0.15, 0.2) is 0 Å². The lowest BCUT2D eigenvalue weighted by Gasteiger charge is -2.17. The summed E-state index contributed by atoms with van der Waals surface area (Å²) in [6.07, 6.45) is 1.88. The Labute approximate surface area is 121 Å². The molecule has 0 saturated heterocycles. The number of nitrogens with two attached hydrogens (primary N) is 1. The molecule has 0 aliphatic carbocycles. The Balaban J connectivity index is 3.16. The summed E-state index contributed by atoms with van der Waals surface area (Å²) in [4.78, 5) is 10.1. The van der Waals surface area contributed by atoms with E-state index < -0.39 is 14.9 Å². The van der Waals surface area contributed by atoms with Gasteiger partial charge in [-0.2, -0.15) is 11.8 Å². The van der Waals surface area contributed by atoms with Crippen molar-refractivity contribution >= 4 is 33.2 Å². The summed E-state index contributed by atoms with van der Waals surface area (Å²) in [5.41, 5.74) is 1.82. The van der Waals surface area contributed by atoms with Gasteiger partial charge in [-0.15, -0.1) is 0 Å². The largest absolute Gasteiger partial charge is 0.318 e. The van der Waals surface area contributed by atoms with Crippen LogP contribution in [0.2, 0.25) is 0 Å². The maximum atomic E-state index is 12.3. The van der Waals surface area contributed by atoms with Crippen molar-refractivity contribution < 1.29 is 13.3 Å². The summed E-state index contributed by atoms with van der Waals surface area (Å²) in [5, 5.41) is 10.8. The molecule has 1 aromatic rings. The predicted molar refractivity (Wildman–Crippen MR) is 79.1 cm³/mol. The molecule has 0 bridgehead atoms. The smallest absolute Gasteiger partial charge is 0.293 e. The Morgan fingerprint density at radius 3 is 2.65 bits per heavy atom. The van der Waals surface area contributed by atoms with E-state index in [1.54, 1.807) is 0 Å². The zero-order chi connectivity index (χ0) is 15.3. The number of hydrogen-bond donors (Lipinski definition) is 2. The third kappa shape index (κ3) is 3.60. The lowest BCUT2D eigenvalue weighted by atomic mass is 10.3. The second-order valence-corrected chi connectivity index (χ2v) is 6.93. The predicted octanol–water partition coefficient (Wildman–Crippen LogP) is 0.864. The van der Waals surface area contributed by atoms with E-state index in [4.69, 9.17) is 5.84 Å². The van der Waals surface area contributed by atoms with Crippen molar-refractivity contribution in [3.8, 4) is 0 Å². The van der Waals surface area contributed by atoms with Crippen LogP contribution < -0.4 is 11.3 Å². The van der Waals surface area contributed by atoms with Gasteiger partial charge in [-0.05, 0) is 18.4 Å². The van der Waals surface area contributed by atoms with Crippen molar-refractivity contribution in [1.82, 2.24) is 4.31 Å². The van der Waals surface area contributed by atoms with Gasteiger partial charge in [-0.25, -0.2) is 12.7 Å². The molecular formula is C10H16N4O4S2. The molecule has 0 saturated carbocycles. The average molecular weight is 320 g/mol. The standard InChI is InChI=1S/C10H16N4O4S2/c1-13(5-6-19-2)20(17,18)8-3-4-10(14(15)16)9(7-8)12-11/h3-4,7,12H,5-6,11H2,1-2H3. The fourth-order valence-corrected chi connectivity index (χ4v) is 3.24. The zero-order valence-corrected chi connectivity index (χ0v) is 12.7. The van der Waals surface area contributed by atoms with Gasteiger partial charge in [-0.3, -0.25) is 16.0 Å². The van der Waals surface area contributed by atoms with Crippen LogP contribution in [-0.4, -0.2) is 43.2 Å². The summed E-state index contributed by atoms with van der Waals surface area (Å²) in [6.45, 7) is 0.353. The van der Waals surface area contributed by atoms with Crippen molar-refractivity contribution in [1.29, 1.82) is 0 Å². The summed E-state index contributed by atoms with van der Waals surface area (Å²) in [7, 11) is -2.22. The van der Waals surface area contributed by atoms with Crippen LogP contribution in [0.4, 0.5) is 11.4 Å². The molecule has 0 aliphatic heterocycles. The Hall–Kier alpha value is -1.36.